The molecule has 0 bridgehead atoms. The summed E-state index contributed by atoms with van der Waals surface area (Å²) < 4.78 is 6.32. The molecule has 0 aliphatic rings. The highest BCUT2D eigenvalue weighted by Crippen LogP contribution is 2.22. The van der Waals surface area contributed by atoms with Crippen LogP contribution in [0.15, 0.2) is 53.0 Å². The van der Waals surface area contributed by atoms with E-state index in [-0.39, 0.29) is 6.04 Å². The van der Waals surface area contributed by atoms with Gasteiger partial charge in [0.2, 0.25) is 0 Å². The molecule has 2 aromatic carbocycles. The summed E-state index contributed by atoms with van der Waals surface area (Å²) in [6.07, 6.45) is 0.830. The number of nitrogens with one attached hydrogen (secondary N) is 1. The number of ether oxygens (including phenoxy) is 1. The van der Waals surface area contributed by atoms with Crippen LogP contribution < -0.4 is 16.0 Å². The highest BCUT2D eigenvalue weighted by Gasteiger charge is 2.11. The zero-order valence-electron chi connectivity index (χ0n) is 10.8. The van der Waals surface area contributed by atoms with Crippen molar-refractivity contribution in [3.8, 4) is 5.75 Å². The summed E-state index contributed by atoms with van der Waals surface area (Å²) in [5.74, 6) is 6.52. The summed E-state index contributed by atoms with van der Waals surface area (Å²) in [6.45, 7) is 0. The Hall–Kier alpha value is -1.36. The van der Waals surface area contributed by atoms with Crippen molar-refractivity contribution in [2.75, 3.05) is 7.11 Å². The Kier molecular flexibility index (Phi) is 4.96. The van der Waals surface area contributed by atoms with E-state index in [4.69, 9.17) is 10.6 Å². The number of halogens is 1. The van der Waals surface area contributed by atoms with Gasteiger partial charge in [-0.1, -0.05) is 40.2 Å². The van der Waals surface area contributed by atoms with Crippen LogP contribution >= 0.6 is 15.9 Å². The predicted octanol–water partition coefficient (Wildman–Crippen LogP) is 3.20. The molecular formula is C15H17BrN2O. The monoisotopic (exact) mass is 320 g/mol. The van der Waals surface area contributed by atoms with Crippen molar-refractivity contribution in [1.29, 1.82) is 0 Å². The number of benzene rings is 2. The topological polar surface area (TPSA) is 47.3 Å². The molecule has 100 valence electrons. The van der Waals surface area contributed by atoms with E-state index in [1.165, 1.54) is 5.56 Å². The first-order chi connectivity index (χ1) is 9.22. The quantitative estimate of drug-likeness (QED) is 0.657. The predicted molar refractivity (Wildman–Crippen MR) is 80.9 cm³/mol. The molecule has 2 aromatic rings. The SMILES string of the molecule is COc1cccc(C(Cc2ccc(Br)cc2)NN)c1. The minimum absolute atomic E-state index is 0.0660. The van der Waals surface area contributed by atoms with Crippen LogP contribution in [0.1, 0.15) is 17.2 Å². The van der Waals surface area contributed by atoms with Gasteiger partial charge in [-0.2, -0.15) is 0 Å². The molecule has 0 aliphatic heterocycles. The van der Waals surface area contributed by atoms with Gasteiger partial charge in [-0.25, -0.2) is 0 Å². The van der Waals surface area contributed by atoms with Gasteiger partial charge in [-0.15, -0.1) is 0 Å². The van der Waals surface area contributed by atoms with Crippen LogP contribution in [0.3, 0.4) is 0 Å². The Balaban J connectivity index is 2.17. The van der Waals surface area contributed by atoms with Crippen molar-refractivity contribution >= 4 is 15.9 Å². The zero-order chi connectivity index (χ0) is 13.7. The Labute approximate surface area is 121 Å². The van der Waals surface area contributed by atoms with Gasteiger partial charge in [-0.3, -0.25) is 11.3 Å². The van der Waals surface area contributed by atoms with Gasteiger partial charge >= 0.3 is 0 Å². The van der Waals surface area contributed by atoms with Crippen molar-refractivity contribution in [1.82, 2.24) is 5.43 Å². The maximum absolute atomic E-state index is 5.67. The van der Waals surface area contributed by atoms with Crippen LogP contribution in [0.2, 0.25) is 0 Å². The fraction of sp³-hybridized carbons (Fsp3) is 0.200. The maximum atomic E-state index is 5.67. The van der Waals surface area contributed by atoms with E-state index in [1.54, 1.807) is 7.11 Å². The number of rotatable bonds is 5. The van der Waals surface area contributed by atoms with E-state index >= 15 is 0 Å². The summed E-state index contributed by atoms with van der Waals surface area (Å²) in [4.78, 5) is 0. The van der Waals surface area contributed by atoms with Gasteiger partial charge in [0.25, 0.3) is 0 Å². The molecule has 0 amide bonds. The molecule has 3 nitrogen and oxygen atoms in total. The summed E-state index contributed by atoms with van der Waals surface area (Å²) >= 11 is 3.44. The fourth-order valence-electron chi connectivity index (χ4n) is 1.99. The zero-order valence-corrected chi connectivity index (χ0v) is 12.4. The van der Waals surface area contributed by atoms with Crippen molar-refractivity contribution in [2.24, 2.45) is 5.84 Å². The standard InChI is InChI=1S/C15H17BrN2O/c1-19-14-4-2-3-12(10-14)15(18-17)9-11-5-7-13(16)8-6-11/h2-8,10,15,18H,9,17H2,1H3. The molecule has 19 heavy (non-hydrogen) atoms. The van der Waals surface area contributed by atoms with Crippen molar-refractivity contribution < 1.29 is 4.74 Å². The van der Waals surface area contributed by atoms with Crippen LogP contribution in [0.5, 0.6) is 5.75 Å². The number of hydrazine groups is 1. The minimum Gasteiger partial charge on any atom is -0.497 e. The van der Waals surface area contributed by atoms with Gasteiger partial charge in [0, 0.05) is 4.47 Å². The molecule has 2 rings (SSSR count). The van der Waals surface area contributed by atoms with E-state index in [0.717, 1.165) is 22.2 Å². The Morgan fingerprint density at radius 1 is 1.21 bits per heavy atom. The first kappa shape index (κ1) is 14.1. The summed E-state index contributed by atoms with van der Waals surface area (Å²) in [5.41, 5.74) is 5.21. The normalized spacial score (nSPS) is 12.2. The van der Waals surface area contributed by atoms with Crippen molar-refractivity contribution in [3.05, 3.63) is 64.1 Å². The van der Waals surface area contributed by atoms with Gasteiger partial charge in [0.15, 0.2) is 0 Å². The Bertz CT molecular complexity index is 528. The largest absolute Gasteiger partial charge is 0.497 e. The van der Waals surface area contributed by atoms with Gasteiger partial charge < -0.3 is 4.74 Å². The molecule has 3 N–H and O–H groups in total. The third kappa shape index (κ3) is 3.80. The average molecular weight is 321 g/mol. The highest BCUT2D eigenvalue weighted by atomic mass is 79.9. The number of hydrogen-bond acceptors (Lipinski definition) is 3. The first-order valence-electron chi connectivity index (χ1n) is 6.07. The van der Waals surface area contributed by atoms with E-state index in [9.17, 15) is 0 Å². The molecule has 0 saturated carbocycles. The second-order valence-corrected chi connectivity index (χ2v) is 5.24. The van der Waals surface area contributed by atoms with E-state index < -0.39 is 0 Å². The molecule has 0 heterocycles. The molecule has 0 aromatic heterocycles. The Morgan fingerprint density at radius 2 is 1.95 bits per heavy atom. The molecule has 0 spiro atoms. The fourth-order valence-corrected chi connectivity index (χ4v) is 2.25. The van der Waals surface area contributed by atoms with E-state index in [2.05, 4.69) is 33.5 Å². The molecular weight excluding hydrogens is 304 g/mol. The molecule has 0 aliphatic carbocycles. The number of hydrogen-bond donors (Lipinski definition) is 2. The molecule has 0 saturated heterocycles. The second kappa shape index (κ2) is 6.70. The lowest BCUT2D eigenvalue weighted by Gasteiger charge is -2.17. The maximum Gasteiger partial charge on any atom is 0.119 e. The summed E-state index contributed by atoms with van der Waals surface area (Å²) in [7, 11) is 1.67. The number of methoxy groups -OCH3 is 1. The molecule has 1 atom stereocenters. The average Bonchev–Trinajstić information content (AvgIpc) is 2.46. The third-order valence-corrected chi connectivity index (χ3v) is 3.58. The first-order valence-corrected chi connectivity index (χ1v) is 6.86. The molecule has 0 fully saturated rings. The van der Waals surface area contributed by atoms with Gasteiger partial charge in [0.05, 0.1) is 13.2 Å². The number of nitrogens with two attached hydrogens (primary N) is 1. The Morgan fingerprint density at radius 3 is 2.58 bits per heavy atom. The molecule has 4 heteroatoms. The lowest BCUT2D eigenvalue weighted by molar-refractivity contribution is 0.413. The van der Waals surface area contributed by atoms with Crippen LogP contribution in [0.4, 0.5) is 0 Å². The van der Waals surface area contributed by atoms with Gasteiger partial charge in [-0.05, 0) is 41.8 Å². The van der Waals surface area contributed by atoms with E-state index in [0.29, 0.717) is 0 Å². The smallest absolute Gasteiger partial charge is 0.119 e. The van der Waals surface area contributed by atoms with Crippen LogP contribution in [-0.4, -0.2) is 7.11 Å². The van der Waals surface area contributed by atoms with Crippen molar-refractivity contribution in [3.63, 3.8) is 0 Å². The van der Waals surface area contributed by atoms with Crippen LogP contribution in [0.25, 0.3) is 0 Å². The van der Waals surface area contributed by atoms with Crippen LogP contribution in [0, 0.1) is 0 Å². The molecule has 1 unspecified atom stereocenters. The summed E-state index contributed by atoms with van der Waals surface area (Å²) in [6, 6.07) is 16.3. The lowest BCUT2D eigenvalue weighted by Crippen LogP contribution is -2.29. The van der Waals surface area contributed by atoms with Crippen LogP contribution in [-0.2, 0) is 6.42 Å². The highest BCUT2D eigenvalue weighted by molar-refractivity contribution is 9.10. The summed E-state index contributed by atoms with van der Waals surface area (Å²) in [5, 5.41) is 0. The van der Waals surface area contributed by atoms with E-state index in [1.807, 2.05) is 36.4 Å². The van der Waals surface area contributed by atoms with Gasteiger partial charge in [0.1, 0.15) is 5.75 Å². The third-order valence-electron chi connectivity index (χ3n) is 3.05. The lowest BCUT2D eigenvalue weighted by atomic mass is 9.99. The molecule has 0 radical (unpaired) electrons. The van der Waals surface area contributed by atoms with Crippen molar-refractivity contribution in [2.45, 2.75) is 12.5 Å². The second-order valence-electron chi connectivity index (χ2n) is 4.33. The minimum atomic E-state index is 0.0660.